The highest BCUT2D eigenvalue weighted by Gasteiger charge is 2.32. The molecule has 2 unspecified atom stereocenters. The van der Waals surface area contributed by atoms with E-state index in [1.165, 1.54) is 5.56 Å². The van der Waals surface area contributed by atoms with Crippen molar-refractivity contribution in [2.75, 3.05) is 30.8 Å². The number of nitrogens with one attached hydrogen (secondary N) is 2. The Labute approximate surface area is 164 Å². The monoisotopic (exact) mass is 378 g/mol. The van der Waals surface area contributed by atoms with Gasteiger partial charge in [0.1, 0.15) is 5.82 Å². The molecule has 0 bridgehead atoms. The fourth-order valence-corrected chi connectivity index (χ4v) is 3.87. The fraction of sp³-hybridized carbons (Fsp3) is 0.381. The molecular weight excluding hydrogens is 352 g/mol. The number of nitrogens with zero attached hydrogens (tertiary/aromatic N) is 4. The molecule has 1 aromatic carbocycles. The number of aliphatic hydroxyl groups excluding tert-OH is 1. The molecule has 0 aliphatic carbocycles. The highest BCUT2D eigenvalue weighted by molar-refractivity contribution is 5.90. The van der Waals surface area contributed by atoms with E-state index in [0.717, 1.165) is 35.6 Å². The Morgan fingerprint density at radius 2 is 1.89 bits per heavy atom. The van der Waals surface area contributed by atoms with Crippen LogP contribution in [0.4, 0.5) is 11.8 Å². The van der Waals surface area contributed by atoms with E-state index in [4.69, 9.17) is 0 Å². The van der Waals surface area contributed by atoms with Crippen LogP contribution >= 0.6 is 0 Å². The van der Waals surface area contributed by atoms with Crippen molar-refractivity contribution in [3.63, 3.8) is 0 Å². The lowest BCUT2D eigenvalue weighted by Crippen LogP contribution is -2.33. The number of hydrogen-bond acceptors (Lipinski definition) is 7. The van der Waals surface area contributed by atoms with Crippen molar-refractivity contribution in [3.05, 3.63) is 53.2 Å². The molecule has 0 saturated carbocycles. The predicted molar refractivity (Wildman–Crippen MR) is 111 cm³/mol. The molecule has 1 aliphatic rings. The van der Waals surface area contributed by atoms with E-state index in [-0.39, 0.29) is 6.04 Å². The number of anilines is 2. The molecule has 2 atom stereocenters. The van der Waals surface area contributed by atoms with Crippen LogP contribution in [0.5, 0.6) is 0 Å². The third-order valence-corrected chi connectivity index (χ3v) is 5.16. The number of hydrogen-bond donors (Lipinski definition) is 3. The molecule has 4 rings (SSSR count). The number of aliphatic hydroxyl groups is 1. The number of aromatic nitrogens is 3. The summed E-state index contributed by atoms with van der Waals surface area (Å²) in [4.78, 5) is 16.0. The van der Waals surface area contributed by atoms with Crippen LogP contribution in [0.25, 0.3) is 11.0 Å². The molecule has 3 heterocycles. The molecule has 28 heavy (non-hydrogen) atoms. The van der Waals surface area contributed by atoms with Crippen molar-refractivity contribution in [1.82, 2.24) is 19.9 Å². The van der Waals surface area contributed by atoms with E-state index in [1.807, 2.05) is 45.2 Å². The van der Waals surface area contributed by atoms with Gasteiger partial charge in [0.15, 0.2) is 5.65 Å². The Kier molecular flexibility index (Phi) is 5.11. The Morgan fingerprint density at radius 1 is 1.11 bits per heavy atom. The van der Waals surface area contributed by atoms with Gasteiger partial charge >= 0.3 is 0 Å². The van der Waals surface area contributed by atoms with Crippen LogP contribution in [0.3, 0.4) is 0 Å². The minimum atomic E-state index is -0.478. The van der Waals surface area contributed by atoms with Gasteiger partial charge in [0.05, 0.1) is 17.5 Å². The number of rotatable bonds is 5. The summed E-state index contributed by atoms with van der Waals surface area (Å²) < 4.78 is 0. The number of fused-ring (bicyclic) bond motifs is 1. The van der Waals surface area contributed by atoms with Crippen molar-refractivity contribution < 1.29 is 5.11 Å². The maximum absolute atomic E-state index is 10.5. The van der Waals surface area contributed by atoms with Gasteiger partial charge in [-0.25, -0.2) is 4.98 Å². The molecule has 1 aliphatic heterocycles. The minimum absolute atomic E-state index is 0.128. The summed E-state index contributed by atoms with van der Waals surface area (Å²) in [5.74, 6) is 1.23. The van der Waals surface area contributed by atoms with E-state index in [9.17, 15) is 5.11 Å². The summed E-state index contributed by atoms with van der Waals surface area (Å²) in [7, 11) is 1.84. The highest BCUT2D eigenvalue weighted by Crippen LogP contribution is 2.25. The third-order valence-electron chi connectivity index (χ3n) is 5.16. The van der Waals surface area contributed by atoms with Gasteiger partial charge in [-0.15, -0.1) is 0 Å². The van der Waals surface area contributed by atoms with Crippen LogP contribution in [0.15, 0.2) is 36.4 Å². The van der Waals surface area contributed by atoms with Crippen molar-refractivity contribution in [2.45, 2.75) is 32.5 Å². The topological polar surface area (TPSA) is 86.2 Å². The van der Waals surface area contributed by atoms with E-state index in [1.54, 1.807) is 0 Å². The largest absolute Gasteiger partial charge is 0.390 e. The number of aryl methyl sites for hydroxylation is 2. The van der Waals surface area contributed by atoms with Crippen LogP contribution < -0.4 is 10.6 Å². The number of likely N-dealkylation sites (tertiary alicyclic amines) is 1. The molecule has 3 aromatic rings. The van der Waals surface area contributed by atoms with Crippen LogP contribution in [0, 0.1) is 13.8 Å². The zero-order valence-electron chi connectivity index (χ0n) is 16.5. The SMILES string of the molecule is CNc1nc(NC2CN(Cc3ccccc3)CC2O)nc2nc(C)cc(C)c12. The Morgan fingerprint density at radius 3 is 2.64 bits per heavy atom. The van der Waals surface area contributed by atoms with Crippen LogP contribution in [0.2, 0.25) is 0 Å². The van der Waals surface area contributed by atoms with Gasteiger partial charge in [-0.1, -0.05) is 30.3 Å². The highest BCUT2D eigenvalue weighted by atomic mass is 16.3. The van der Waals surface area contributed by atoms with Crippen LogP contribution in [0.1, 0.15) is 16.8 Å². The summed E-state index contributed by atoms with van der Waals surface area (Å²) in [6.07, 6.45) is -0.478. The normalized spacial score (nSPS) is 19.9. The van der Waals surface area contributed by atoms with Gasteiger partial charge in [0.2, 0.25) is 5.95 Å². The lowest BCUT2D eigenvalue weighted by Gasteiger charge is -2.18. The predicted octanol–water partition coefficient (Wildman–Crippen LogP) is 2.34. The molecule has 2 aromatic heterocycles. The number of β-amino-alcohol motifs (C(OH)–C–C–N with tert-alkyl or cyclic N) is 1. The molecule has 0 spiro atoms. The standard InChI is InChI=1S/C21H26N6O/c1-13-9-14(2)23-20-18(13)19(22-3)25-21(26-20)24-16-11-27(12-17(16)28)10-15-7-5-4-6-8-15/h4-9,16-17,28H,10-12H2,1-3H3,(H2,22,23,24,25,26). The first-order valence-corrected chi connectivity index (χ1v) is 9.58. The Hall–Kier alpha value is -2.77. The quantitative estimate of drug-likeness (QED) is 0.628. The average molecular weight is 378 g/mol. The summed E-state index contributed by atoms with van der Waals surface area (Å²) in [6, 6.07) is 12.2. The zero-order valence-corrected chi connectivity index (χ0v) is 16.5. The zero-order chi connectivity index (χ0) is 19.7. The maximum Gasteiger partial charge on any atom is 0.227 e. The van der Waals surface area contributed by atoms with E-state index in [2.05, 4.69) is 42.6 Å². The second-order valence-corrected chi connectivity index (χ2v) is 7.42. The molecule has 0 amide bonds. The molecule has 3 N–H and O–H groups in total. The van der Waals surface area contributed by atoms with Crippen molar-refractivity contribution in [1.29, 1.82) is 0 Å². The van der Waals surface area contributed by atoms with E-state index >= 15 is 0 Å². The van der Waals surface area contributed by atoms with Crippen molar-refractivity contribution >= 4 is 22.8 Å². The summed E-state index contributed by atoms with van der Waals surface area (Å²) in [6.45, 7) is 6.16. The van der Waals surface area contributed by atoms with Crippen LogP contribution in [-0.2, 0) is 6.54 Å². The van der Waals surface area contributed by atoms with E-state index in [0.29, 0.717) is 18.1 Å². The van der Waals surface area contributed by atoms with E-state index < -0.39 is 6.10 Å². The molecule has 7 nitrogen and oxygen atoms in total. The lowest BCUT2D eigenvalue weighted by molar-refractivity contribution is 0.168. The first-order chi connectivity index (χ1) is 13.5. The number of benzene rings is 1. The molecule has 1 saturated heterocycles. The Balaban J connectivity index is 1.54. The smallest absolute Gasteiger partial charge is 0.227 e. The average Bonchev–Trinajstić information content (AvgIpc) is 3.00. The summed E-state index contributed by atoms with van der Waals surface area (Å²) in [5, 5.41) is 17.9. The molecule has 7 heteroatoms. The third kappa shape index (κ3) is 3.76. The molecule has 1 fully saturated rings. The van der Waals surface area contributed by atoms with Crippen LogP contribution in [-0.4, -0.2) is 57.2 Å². The fourth-order valence-electron chi connectivity index (χ4n) is 3.87. The second kappa shape index (κ2) is 7.69. The van der Waals surface area contributed by atoms with Gasteiger partial charge in [-0.2, -0.15) is 9.97 Å². The van der Waals surface area contributed by atoms with Gasteiger partial charge in [-0.05, 0) is 31.0 Å². The summed E-state index contributed by atoms with van der Waals surface area (Å²) in [5.41, 5.74) is 3.91. The molecule has 0 radical (unpaired) electrons. The first-order valence-electron chi connectivity index (χ1n) is 9.58. The van der Waals surface area contributed by atoms with Crippen molar-refractivity contribution in [3.8, 4) is 0 Å². The molecular formula is C21H26N6O. The second-order valence-electron chi connectivity index (χ2n) is 7.42. The molecule has 146 valence electrons. The Bertz CT molecular complexity index is 978. The number of pyridine rings is 1. The van der Waals surface area contributed by atoms with Gasteiger partial charge in [0, 0.05) is 32.4 Å². The van der Waals surface area contributed by atoms with Gasteiger partial charge in [-0.3, -0.25) is 4.90 Å². The van der Waals surface area contributed by atoms with Crippen molar-refractivity contribution in [2.24, 2.45) is 0 Å². The lowest BCUT2D eigenvalue weighted by atomic mass is 10.1. The first kappa shape index (κ1) is 18.6. The van der Waals surface area contributed by atoms with Gasteiger partial charge < -0.3 is 15.7 Å². The van der Waals surface area contributed by atoms with Gasteiger partial charge in [0.25, 0.3) is 0 Å². The summed E-state index contributed by atoms with van der Waals surface area (Å²) >= 11 is 0. The minimum Gasteiger partial charge on any atom is -0.390 e. The maximum atomic E-state index is 10.5.